The SMILES string of the molecule is Cc1ccc(C(=N)C(C(=O)CN)=C2CN(C(=O)NC(C)(C)C(F)F)CC[NH2+]2)cc1C. The van der Waals surface area contributed by atoms with Crippen LogP contribution in [-0.4, -0.2) is 60.6 Å². The van der Waals surface area contributed by atoms with Crippen molar-refractivity contribution in [3.8, 4) is 0 Å². The molecule has 1 aliphatic rings. The van der Waals surface area contributed by atoms with Crippen LogP contribution < -0.4 is 16.4 Å². The van der Waals surface area contributed by atoms with Crippen LogP contribution in [0.2, 0.25) is 0 Å². The number of piperazine rings is 1. The Morgan fingerprint density at radius 2 is 1.97 bits per heavy atom. The molecule has 9 heteroatoms. The minimum Gasteiger partial charge on any atom is -0.327 e. The standard InChI is InChI=1S/C21H29F2N5O2/c1-12-5-6-14(9-13(12)2)18(25)17(16(29)10-24)15-11-28(8-7-26-15)20(30)27-21(3,4)19(22)23/h5-6,9,19,25-26H,7-8,10-11,24H2,1-4H3,(H,27,30)/p+1. The maximum absolute atomic E-state index is 13.1. The highest BCUT2D eigenvalue weighted by Crippen LogP contribution is 2.18. The number of amides is 2. The number of ketones is 1. The normalized spacial score (nSPS) is 16.5. The number of carbonyl (C=O) groups is 2. The van der Waals surface area contributed by atoms with Crippen LogP contribution in [0.25, 0.3) is 0 Å². The van der Waals surface area contributed by atoms with Crippen molar-refractivity contribution in [2.75, 3.05) is 26.2 Å². The zero-order chi connectivity index (χ0) is 22.6. The lowest BCUT2D eigenvalue weighted by molar-refractivity contribution is -0.615. The molecule has 6 N–H and O–H groups in total. The van der Waals surface area contributed by atoms with Crippen LogP contribution >= 0.6 is 0 Å². The average molecular weight is 423 g/mol. The highest BCUT2D eigenvalue weighted by molar-refractivity contribution is 6.28. The van der Waals surface area contributed by atoms with E-state index in [0.29, 0.717) is 24.4 Å². The number of nitrogens with zero attached hydrogens (tertiary/aromatic N) is 1. The van der Waals surface area contributed by atoms with Crippen LogP contribution in [0.3, 0.4) is 0 Å². The number of rotatable bonds is 6. The highest BCUT2D eigenvalue weighted by atomic mass is 19.3. The number of alkyl halides is 2. The summed E-state index contributed by atoms with van der Waals surface area (Å²) in [5.74, 6) is -0.403. The summed E-state index contributed by atoms with van der Waals surface area (Å²) in [6.07, 6.45) is -2.72. The summed E-state index contributed by atoms with van der Waals surface area (Å²) in [5, 5.41) is 12.8. The molecule has 30 heavy (non-hydrogen) atoms. The third kappa shape index (κ3) is 5.28. The van der Waals surface area contributed by atoms with Gasteiger partial charge in [-0.25, -0.2) is 13.6 Å². The fourth-order valence-electron chi connectivity index (χ4n) is 3.13. The summed E-state index contributed by atoms with van der Waals surface area (Å²) in [6, 6.07) is 4.85. The molecule has 1 saturated heterocycles. The molecule has 0 saturated carbocycles. The van der Waals surface area contributed by atoms with Crippen LogP contribution in [0.5, 0.6) is 0 Å². The molecule has 0 aliphatic carbocycles. The Morgan fingerprint density at radius 1 is 1.30 bits per heavy atom. The van der Waals surface area contributed by atoms with Crippen molar-refractivity contribution in [3.05, 3.63) is 46.2 Å². The minimum absolute atomic E-state index is 0.0370. The number of carbonyl (C=O) groups excluding carboxylic acids is 2. The molecule has 2 rings (SSSR count). The maximum Gasteiger partial charge on any atom is 0.318 e. The van der Waals surface area contributed by atoms with E-state index < -0.39 is 23.8 Å². The van der Waals surface area contributed by atoms with Gasteiger partial charge in [0.2, 0.25) is 0 Å². The third-order valence-corrected chi connectivity index (χ3v) is 5.24. The lowest BCUT2D eigenvalue weighted by Gasteiger charge is -2.32. The van der Waals surface area contributed by atoms with Crippen molar-refractivity contribution in [2.24, 2.45) is 5.73 Å². The Morgan fingerprint density at radius 3 is 2.53 bits per heavy atom. The quantitative estimate of drug-likeness (QED) is 0.406. The fourth-order valence-corrected chi connectivity index (χ4v) is 3.13. The number of benzene rings is 1. The Kier molecular flexibility index (Phi) is 7.44. The molecule has 1 aliphatic heterocycles. The van der Waals surface area contributed by atoms with Crippen molar-refractivity contribution >= 4 is 17.5 Å². The molecule has 0 unspecified atom stereocenters. The number of hydrogen-bond donors (Lipinski definition) is 4. The van der Waals surface area contributed by atoms with E-state index in [2.05, 4.69) is 5.32 Å². The van der Waals surface area contributed by atoms with Crippen molar-refractivity contribution in [1.82, 2.24) is 10.2 Å². The first-order valence-electron chi connectivity index (χ1n) is 9.79. The first-order valence-corrected chi connectivity index (χ1v) is 9.79. The second-order valence-electron chi connectivity index (χ2n) is 8.07. The molecular weight excluding hydrogens is 392 g/mol. The second kappa shape index (κ2) is 9.44. The molecular formula is C21H30F2N5O2+. The van der Waals surface area contributed by atoms with Crippen LogP contribution in [0.15, 0.2) is 29.5 Å². The van der Waals surface area contributed by atoms with Gasteiger partial charge in [0.25, 0.3) is 6.43 Å². The van der Waals surface area contributed by atoms with E-state index in [0.717, 1.165) is 11.1 Å². The molecule has 0 bridgehead atoms. The minimum atomic E-state index is -2.72. The van der Waals surface area contributed by atoms with Crippen LogP contribution in [-0.2, 0) is 4.79 Å². The first kappa shape index (κ1) is 23.6. The first-order chi connectivity index (χ1) is 14.0. The van der Waals surface area contributed by atoms with Crippen molar-refractivity contribution < 1.29 is 23.7 Å². The summed E-state index contributed by atoms with van der Waals surface area (Å²) >= 11 is 0. The van der Waals surface area contributed by atoms with Gasteiger partial charge in [0.15, 0.2) is 5.78 Å². The number of halogens is 2. The van der Waals surface area contributed by atoms with E-state index in [9.17, 15) is 18.4 Å². The van der Waals surface area contributed by atoms with Crippen molar-refractivity contribution in [1.29, 1.82) is 5.41 Å². The molecule has 0 radical (unpaired) electrons. The third-order valence-electron chi connectivity index (χ3n) is 5.24. The summed E-state index contributed by atoms with van der Waals surface area (Å²) < 4.78 is 26.2. The number of quaternary nitrogens is 1. The van der Waals surface area contributed by atoms with E-state index in [1.165, 1.54) is 18.7 Å². The molecule has 0 spiro atoms. The van der Waals surface area contributed by atoms with Gasteiger partial charge in [-0.2, -0.15) is 0 Å². The van der Waals surface area contributed by atoms with Gasteiger partial charge in [-0.15, -0.1) is 0 Å². The van der Waals surface area contributed by atoms with Crippen molar-refractivity contribution in [3.63, 3.8) is 0 Å². The monoisotopic (exact) mass is 422 g/mol. The van der Waals surface area contributed by atoms with Crippen LogP contribution in [0.4, 0.5) is 13.6 Å². The Balaban J connectivity index is 2.35. The van der Waals surface area contributed by atoms with Gasteiger partial charge in [0.05, 0.1) is 37.4 Å². The molecule has 7 nitrogen and oxygen atoms in total. The summed E-state index contributed by atoms with van der Waals surface area (Å²) in [6.45, 7) is 6.92. The molecule has 0 aromatic heterocycles. The van der Waals surface area contributed by atoms with Gasteiger partial charge in [0, 0.05) is 5.56 Å². The predicted octanol–water partition coefficient (Wildman–Crippen LogP) is 1.09. The number of aryl methyl sites for hydroxylation is 2. The Hall–Kier alpha value is -2.65. The summed E-state index contributed by atoms with van der Waals surface area (Å²) in [5.41, 5.74) is 7.25. The Labute approximate surface area is 175 Å². The molecule has 0 atom stereocenters. The highest BCUT2D eigenvalue weighted by Gasteiger charge is 2.35. The number of nitrogens with one attached hydrogen (secondary N) is 2. The number of hydrogen-bond acceptors (Lipinski definition) is 4. The van der Waals surface area contributed by atoms with Gasteiger partial charge in [0.1, 0.15) is 11.3 Å². The molecule has 1 aromatic carbocycles. The molecule has 1 fully saturated rings. The Bertz CT molecular complexity index is 880. The lowest BCUT2D eigenvalue weighted by atomic mass is 9.94. The molecule has 2 amide bonds. The van der Waals surface area contributed by atoms with E-state index in [1.807, 2.05) is 26.0 Å². The average Bonchev–Trinajstić information content (AvgIpc) is 2.69. The largest absolute Gasteiger partial charge is 0.327 e. The zero-order valence-electron chi connectivity index (χ0n) is 17.8. The van der Waals surface area contributed by atoms with E-state index in [1.54, 1.807) is 11.4 Å². The molecule has 1 aromatic rings. The maximum atomic E-state index is 13.1. The molecule has 1 heterocycles. The number of Topliss-reactive ketones (excluding diaryl/α,β-unsaturated/α-hetero) is 1. The zero-order valence-corrected chi connectivity index (χ0v) is 17.8. The number of nitrogens with two attached hydrogens (primary N) is 2. The summed E-state index contributed by atoms with van der Waals surface area (Å²) in [7, 11) is 0. The topological polar surface area (TPSA) is 116 Å². The predicted molar refractivity (Wildman–Crippen MR) is 111 cm³/mol. The molecule has 164 valence electrons. The van der Waals surface area contributed by atoms with Crippen LogP contribution in [0.1, 0.15) is 30.5 Å². The number of urea groups is 1. The summed E-state index contributed by atoms with van der Waals surface area (Å²) in [4.78, 5) is 26.5. The van der Waals surface area contributed by atoms with Gasteiger partial charge < -0.3 is 21.3 Å². The smallest absolute Gasteiger partial charge is 0.318 e. The van der Waals surface area contributed by atoms with Crippen LogP contribution in [0, 0.1) is 19.3 Å². The van der Waals surface area contributed by atoms with Crippen molar-refractivity contribution in [2.45, 2.75) is 39.7 Å². The van der Waals surface area contributed by atoms with Gasteiger partial charge >= 0.3 is 6.03 Å². The second-order valence-corrected chi connectivity index (χ2v) is 8.07. The van der Waals surface area contributed by atoms with E-state index >= 15 is 0 Å². The fraction of sp³-hybridized carbons (Fsp3) is 0.476. The lowest BCUT2D eigenvalue weighted by Crippen LogP contribution is -2.88. The van der Waals surface area contributed by atoms with Gasteiger partial charge in [-0.05, 0) is 44.9 Å². The van der Waals surface area contributed by atoms with E-state index in [4.69, 9.17) is 11.1 Å². The van der Waals surface area contributed by atoms with Gasteiger partial charge in [-0.3, -0.25) is 10.2 Å². The van der Waals surface area contributed by atoms with E-state index in [-0.39, 0.29) is 24.4 Å². The van der Waals surface area contributed by atoms with Gasteiger partial charge in [-0.1, -0.05) is 12.1 Å².